The molecule has 152 valence electrons. The first kappa shape index (κ1) is 20.4. The zero-order chi connectivity index (χ0) is 20.6. The van der Waals surface area contributed by atoms with Crippen LogP contribution in [0.25, 0.3) is 5.57 Å². The van der Waals surface area contributed by atoms with Crippen LogP contribution < -0.4 is 19.5 Å². The molecule has 1 aromatic carbocycles. The molecule has 0 aromatic heterocycles. The Morgan fingerprint density at radius 2 is 1.79 bits per heavy atom. The molecular weight excluding hydrogens is 378 g/mol. The number of benzene rings is 1. The number of methoxy groups -OCH3 is 2. The van der Waals surface area contributed by atoms with Crippen molar-refractivity contribution in [3.63, 3.8) is 0 Å². The second kappa shape index (κ2) is 7.62. The Morgan fingerprint density at radius 3 is 2.32 bits per heavy atom. The molecule has 0 amide bonds. The molecule has 28 heavy (non-hydrogen) atoms. The van der Waals surface area contributed by atoms with Crippen molar-refractivity contribution in [1.29, 1.82) is 0 Å². The summed E-state index contributed by atoms with van der Waals surface area (Å²) in [5.41, 5.74) is 4.74. The van der Waals surface area contributed by atoms with E-state index < -0.39 is 10.0 Å². The predicted octanol–water partition coefficient (Wildman–Crippen LogP) is 2.09. The minimum Gasteiger partial charge on any atom is -0.496 e. The summed E-state index contributed by atoms with van der Waals surface area (Å²) in [5, 5.41) is 3.05. The van der Waals surface area contributed by atoms with Crippen molar-refractivity contribution in [2.45, 2.75) is 24.8 Å². The number of rotatable bonds is 6. The molecule has 3 rings (SSSR count). The Labute approximate surface area is 166 Å². The highest BCUT2D eigenvalue weighted by atomic mass is 32.2. The molecule has 8 heteroatoms. The smallest absolute Gasteiger partial charge is 0.244 e. The van der Waals surface area contributed by atoms with Gasteiger partial charge in [-0.3, -0.25) is 0 Å². The number of sulfonamides is 1. The predicted molar refractivity (Wildman–Crippen MR) is 110 cm³/mol. The first-order chi connectivity index (χ1) is 13.2. The number of likely N-dealkylation sites (N-methyl/N-ethyl adjacent to an activating group) is 1. The summed E-state index contributed by atoms with van der Waals surface area (Å²) in [4.78, 5) is 2.01. The van der Waals surface area contributed by atoms with Gasteiger partial charge in [-0.2, -0.15) is 0 Å². The number of nitrogens with zero attached hydrogens (tertiary/aromatic N) is 1. The van der Waals surface area contributed by atoms with Crippen molar-refractivity contribution < 1.29 is 17.9 Å². The van der Waals surface area contributed by atoms with Gasteiger partial charge in [0.15, 0.2) is 0 Å². The highest BCUT2D eigenvalue weighted by Crippen LogP contribution is 2.41. The third-order valence-corrected chi connectivity index (χ3v) is 6.86. The number of hydrogen-bond acceptors (Lipinski definition) is 6. The third-order valence-electron chi connectivity index (χ3n) is 5.32. The quantitative estimate of drug-likeness (QED) is 0.755. The van der Waals surface area contributed by atoms with E-state index in [0.717, 1.165) is 28.0 Å². The lowest BCUT2D eigenvalue weighted by molar-refractivity contribution is 0.387. The molecule has 7 nitrogen and oxygen atoms in total. The van der Waals surface area contributed by atoms with Crippen LogP contribution in [0.3, 0.4) is 0 Å². The summed E-state index contributed by atoms with van der Waals surface area (Å²) in [6, 6.07) is 3.13. The Kier molecular flexibility index (Phi) is 5.56. The summed E-state index contributed by atoms with van der Waals surface area (Å²) in [6.07, 6.45) is 1.97. The summed E-state index contributed by atoms with van der Waals surface area (Å²) in [6.45, 7) is 9.35. The van der Waals surface area contributed by atoms with Gasteiger partial charge in [0.05, 0.1) is 14.2 Å². The maximum Gasteiger partial charge on any atom is 0.244 e. The van der Waals surface area contributed by atoms with E-state index >= 15 is 0 Å². The van der Waals surface area contributed by atoms with E-state index in [1.54, 1.807) is 6.07 Å². The van der Waals surface area contributed by atoms with Gasteiger partial charge in [-0.1, -0.05) is 6.58 Å². The lowest BCUT2D eigenvalue weighted by atomic mass is 9.91. The fourth-order valence-corrected chi connectivity index (χ4v) is 4.67. The molecule has 0 spiro atoms. The number of allylic oxidation sites excluding steroid dienone is 3. The van der Waals surface area contributed by atoms with Gasteiger partial charge in [-0.05, 0) is 31.1 Å². The lowest BCUT2D eigenvalue weighted by Gasteiger charge is -2.29. The maximum absolute atomic E-state index is 12.9. The molecular formula is C20H27N3O4S. The molecule has 0 aliphatic carbocycles. The fourth-order valence-electron chi connectivity index (χ4n) is 3.27. The van der Waals surface area contributed by atoms with Crippen molar-refractivity contribution in [2.75, 3.05) is 34.4 Å². The standard InChI is InChI=1S/C20H27N3O4S/c1-12-13(2)17(11-23(4)14(12)3)16-7-19(27-6)20(8-18(16)26-5)28(24,25)22-15-9-21-10-15/h7-8,11,15,21-22H,3,9-10H2,1-2,4-6H3. The largest absolute Gasteiger partial charge is 0.496 e. The highest BCUT2D eigenvalue weighted by molar-refractivity contribution is 7.89. The van der Waals surface area contributed by atoms with Crippen LogP contribution in [0.5, 0.6) is 11.5 Å². The number of ether oxygens (including phenoxy) is 2. The molecule has 1 fully saturated rings. The zero-order valence-electron chi connectivity index (χ0n) is 16.9. The molecule has 0 unspecified atom stereocenters. The SMILES string of the molecule is C=C1C(C)=C(C)C(c2cc(OC)c(S(=O)(=O)NC3CNC3)cc2OC)=CN1C. The lowest BCUT2D eigenvalue weighted by Crippen LogP contribution is -2.56. The monoisotopic (exact) mass is 405 g/mol. The van der Waals surface area contributed by atoms with Gasteiger partial charge < -0.3 is 19.7 Å². The van der Waals surface area contributed by atoms with E-state index in [1.165, 1.54) is 20.3 Å². The topological polar surface area (TPSA) is 79.9 Å². The third kappa shape index (κ3) is 3.55. The van der Waals surface area contributed by atoms with Crippen LogP contribution in [-0.2, 0) is 10.0 Å². The van der Waals surface area contributed by atoms with Gasteiger partial charge in [-0.15, -0.1) is 0 Å². The fraction of sp³-hybridized carbons (Fsp3) is 0.400. The summed E-state index contributed by atoms with van der Waals surface area (Å²) < 4.78 is 39.4. The van der Waals surface area contributed by atoms with Crippen molar-refractivity contribution in [2.24, 2.45) is 0 Å². The van der Waals surface area contributed by atoms with Gasteiger partial charge in [-0.25, -0.2) is 13.1 Å². The van der Waals surface area contributed by atoms with Crippen molar-refractivity contribution >= 4 is 15.6 Å². The summed E-state index contributed by atoms with van der Waals surface area (Å²) in [7, 11) is 1.19. The van der Waals surface area contributed by atoms with Crippen LogP contribution in [0, 0.1) is 0 Å². The summed E-state index contributed by atoms with van der Waals surface area (Å²) in [5.74, 6) is 0.737. The molecule has 1 aromatic rings. The molecule has 1 saturated heterocycles. The van der Waals surface area contributed by atoms with Gasteiger partial charge >= 0.3 is 0 Å². The molecule has 0 bridgehead atoms. The Morgan fingerprint density at radius 1 is 1.14 bits per heavy atom. The van der Waals surface area contributed by atoms with Gasteiger partial charge in [0.25, 0.3) is 0 Å². The van der Waals surface area contributed by atoms with E-state index in [2.05, 4.69) is 16.6 Å². The van der Waals surface area contributed by atoms with E-state index in [1.807, 2.05) is 32.0 Å². The minimum atomic E-state index is -3.74. The molecule has 0 saturated carbocycles. The average molecular weight is 406 g/mol. The average Bonchev–Trinajstić information content (AvgIpc) is 2.65. The van der Waals surface area contributed by atoms with Crippen LogP contribution in [-0.4, -0.2) is 53.7 Å². The zero-order valence-corrected chi connectivity index (χ0v) is 17.7. The molecule has 2 aliphatic heterocycles. The number of nitrogens with one attached hydrogen (secondary N) is 2. The van der Waals surface area contributed by atoms with Crippen molar-refractivity contribution in [3.8, 4) is 11.5 Å². The number of hydrogen-bond donors (Lipinski definition) is 2. The van der Waals surface area contributed by atoms with E-state index in [-0.39, 0.29) is 16.7 Å². The van der Waals surface area contributed by atoms with Gasteiger partial charge in [0, 0.05) is 55.3 Å². The van der Waals surface area contributed by atoms with Gasteiger partial charge in [0.2, 0.25) is 10.0 Å². The molecule has 2 aliphatic rings. The van der Waals surface area contributed by atoms with Crippen LogP contribution in [0.15, 0.2) is 46.7 Å². The summed E-state index contributed by atoms with van der Waals surface area (Å²) >= 11 is 0. The van der Waals surface area contributed by atoms with E-state index in [0.29, 0.717) is 18.8 Å². The first-order valence-electron chi connectivity index (χ1n) is 9.00. The Hall–Kier alpha value is -2.29. The second-order valence-electron chi connectivity index (χ2n) is 7.03. The molecule has 0 radical (unpaired) electrons. The van der Waals surface area contributed by atoms with Crippen molar-refractivity contribution in [1.82, 2.24) is 14.9 Å². The minimum absolute atomic E-state index is 0.0648. The Bertz CT molecular complexity index is 975. The van der Waals surface area contributed by atoms with Crippen LogP contribution in [0.1, 0.15) is 19.4 Å². The molecule has 2 heterocycles. The molecule has 0 atom stereocenters. The van der Waals surface area contributed by atoms with Crippen LogP contribution >= 0.6 is 0 Å². The maximum atomic E-state index is 12.9. The van der Waals surface area contributed by atoms with E-state index in [4.69, 9.17) is 9.47 Å². The Balaban J connectivity index is 2.12. The van der Waals surface area contributed by atoms with Crippen LogP contribution in [0.4, 0.5) is 0 Å². The highest BCUT2D eigenvalue weighted by Gasteiger charge is 2.29. The van der Waals surface area contributed by atoms with Crippen LogP contribution in [0.2, 0.25) is 0 Å². The molecule has 2 N–H and O–H groups in total. The van der Waals surface area contributed by atoms with Crippen molar-refractivity contribution in [3.05, 3.63) is 47.3 Å². The van der Waals surface area contributed by atoms with Gasteiger partial charge in [0.1, 0.15) is 16.4 Å². The first-order valence-corrected chi connectivity index (χ1v) is 10.5. The second-order valence-corrected chi connectivity index (χ2v) is 8.71. The normalized spacial score (nSPS) is 18.1. The van der Waals surface area contributed by atoms with E-state index in [9.17, 15) is 8.42 Å².